The number of fused-ring (bicyclic) bond motifs is 1. The first-order valence-electron chi connectivity index (χ1n) is 8.22. The summed E-state index contributed by atoms with van der Waals surface area (Å²) in [7, 11) is -2.89. The Morgan fingerprint density at radius 3 is 2.52 bits per heavy atom. The monoisotopic (exact) mass is 352 g/mol. The van der Waals surface area contributed by atoms with Crippen LogP contribution in [0.1, 0.15) is 38.7 Å². The highest BCUT2D eigenvalue weighted by atomic mass is 32.2. The maximum Gasteiger partial charge on any atom is 0.164 e. The van der Waals surface area contributed by atoms with E-state index in [4.69, 9.17) is 4.99 Å². The predicted octanol–water partition coefficient (Wildman–Crippen LogP) is 3.29. The van der Waals surface area contributed by atoms with Gasteiger partial charge in [-0.05, 0) is 30.0 Å². The van der Waals surface area contributed by atoms with Gasteiger partial charge in [0.1, 0.15) is 0 Å². The molecule has 0 spiro atoms. The first-order chi connectivity index (χ1) is 10.9. The fraction of sp³-hybridized carbons (Fsp3) is 0.588. The van der Waals surface area contributed by atoms with E-state index in [9.17, 15) is 8.42 Å². The van der Waals surface area contributed by atoms with Crippen LogP contribution < -0.4 is 4.90 Å². The van der Waals surface area contributed by atoms with Crippen molar-refractivity contribution in [2.75, 3.05) is 23.0 Å². The Morgan fingerprint density at radius 1 is 1.26 bits per heavy atom. The minimum atomic E-state index is -2.89. The van der Waals surface area contributed by atoms with Crippen LogP contribution >= 0.6 is 11.8 Å². The summed E-state index contributed by atoms with van der Waals surface area (Å²) in [5, 5.41) is 1.08. The number of aliphatic imine (C=N–C) groups is 1. The van der Waals surface area contributed by atoms with Crippen LogP contribution in [-0.2, 0) is 9.84 Å². The van der Waals surface area contributed by atoms with Gasteiger partial charge < -0.3 is 4.90 Å². The first kappa shape index (κ1) is 16.8. The number of hydrogen-bond acceptors (Lipinski definition) is 5. The fourth-order valence-electron chi connectivity index (χ4n) is 3.07. The number of rotatable bonds is 4. The smallest absolute Gasteiger partial charge is 0.164 e. The molecule has 3 rings (SSSR count). The van der Waals surface area contributed by atoms with E-state index in [1.807, 2.05) is 0 Å². The van der Waals surface area contributed by atoms with Crippen molar-refractivity contribution in [1.29, 1.82) is 0 Å². The minimum Gasteiger partial charge on any atom is -0.321 e. The zero-order chi connectivity index (χ0) is 16.6. The number of sulfone groups is 1. The van der Waals surface area contributed by atoms with Gasteiger partial charge in [-0.1, -0.05) is 44.7 Å². The maximum atomic E-state index is 11.7. The van der Waals surface area contributed by atoms with E-state index < -0.39 is 9.84 Å². The summed E-state index contributed by atoms with van der Waals surface area (Å²) in [5.41, 5.74) is 2.47. The molecule has 1 aromatic carbocycles. The summed E-state index contributed by atoms with van der Waals surface area (Å²) in [6, 6.07) is 8.59. The molecule has 0 aromatic heterocycles. The van der Waals surface area contributed by atoms with Crippen LogP contribution in [0.25, 0.3) is 0 Å². The van der Waals surface area contributed by atoms with E-state index in [1.54, 1.807) is 11.8 Å². The molecule has 0 radical (unpaired) electrons. The van der Waals surface area contributed by atoms with E-state index in [2.05, 4.69) is 49.9 Å². The van der Waals surface area contributed by atoms with Crippen LogP contribution in [0.4, 0.5) is 5.69 Å². The van der Waals surface area contributed by atoms with Crippen LogP contribution in [0.3, 0.4) is 0 Å². The standard InChI is InChI=1S/C17H24N2O2S2/c1-4-9-19(14-7-5-13(6-8-14)12(2)3)17-18-15-10-23(20,21)11-16(15)22-17/h5-8,12,15-16H,4,9-11H2,1-3H3/t15-,16+/m1/s1. The maximum absolute atomic E-state index is 11.7. The van der Waals surface area contributed by atoms with Crippen molar-refractivity contribution < 1.29 is 8.42 Å². The van der Waals surface area contributed by atoms with Gasteiger partial charge in [-0.2, -0.15) is 0 Å². The molecular weight excluding hydrogens is 328 g/mol. The lowest BCUT2D eigenvalue weighted by Gasteiger charge is -2.24. The van der Waals surface area contributed by atoms with Gasteiger partial charge in [0.15, 0.2) is 15.0 Å². The number of anilines is 1. The number of amidine groups is 1. The van der Waals surface area contributed by atoms with Gasteiger partial charge >= 0.3 is 0 Å². The lowest BCUT2D eigenvalue weighted by atomic mass is 10.0. The van der Waals surface area contributed by atoms with Crippen LogP contribution in [0.15, 0.2) is 29.3 Å². The molecule has 1 fully saturated rings. The third-order valence-electron chi connectivity index (χ3n) is 4.35. The van der Waals surface area contributed by atoms with Gasteiger partial charge in [0.2, 0.25) is 0 Å². The third-order valence-corrected chi connectivity index (χ3v) is 7.60. The molecule has 2 aliphatic heterocycles. The normalized spacial score (nSPS) is 25.5. The van der Waals surface area contributed by atoms with Crippen molar-refractivity contribution in [1.82, 2.24) is 0 Å². The Balaban J connectivity index is 1.83. The first-order valence-corrected chi connectivity index (χ1v) is 10.9. The molecule has 0 amide bonds. The molecule has 2 heterocycles. The van der Waals surface area contributed by atoms with Gasteiger partial charge in [-0.25, -0.2) is 8.42 Å². The summed E-state index contributed by atoms with van der Waals surface area (Å²) in [6.45, 7) is 7.44. The quantitative estimate of drug-likeness (QED) is 0.834. The number of benzene rings is 1. The van der Waals surface area contributed by atoms with Crippen molar-refractivity contribution in [2.24, 2.45) is 4.99 Å². The van der Waals surface area contributed by atoms with Crippen LogP contribution in [0.5, 0.6) is 0 Å². The van der Waals surface area contributed by atoms with Crippen LogP contribution in [-0.4, -0.2) is 42.9 Å². The summed E-state index contributed by atoms with van der Waals surface area (Å²) in [4.78, 5) is 6.96. The highest BCUT2D eigenvalue weighted by molar-refractivity contribution is 8.15. The van der Waals surface area contributed by atoms with Crippen molar-refractivity contribution in [2.45, 2.75) is 44.4 Å². The van der Waals surface area contributed by atoms with Crippen LogP contribution in [0.2, 0.25) is 0 Å². The second kappa shape index (κ2) is 6.48. The van der Waals surface area contributed by atoms with Crippen molar-refractivity contribution >= 4 is 32.5 Å². The van der Waals surface area contributed by atoms with Gasteiger partial charge in [0.25, 0.3) is 0 Å². The Kier molecular flexibility index (Phi) is 4.74. The molecule has 0 bridgehead atoms. The molecule has 6 heteroatoms. The summed E-state index contributed by atoms with van der Waals surface area (Å²) < 4.78 is 23.4. The Morgan fingerprint density at radius 2 is 1.96 bits per heavy atom. The van der Waals surface area contributed by atoms with Crippen molar-refractivity contribution in [3.05, 3.63) is 29.8 Å². The lowest BCUT2D eigenvalue weighted by Crippen LogP contribution is -2.29. The largest absolute Gasteiger partial charge is 0.321 e. The van der Waals surface area contributed by atoms with Gasteiger partial charge in [0.05, 0.1) is 17.5 Å². The van der Waals surface area contributed by atoms with Gasteiger partial charge in [-0.3, -0.25) is 4.99 Å². The number of nitrogens with zero attached hydrogens (tertiary/aromatic N) is 2. The lowest BCUT2D eigenvalue weighted by molar-refractivity contribution is 0.601. The third kappa shape index (κ3) is 3.58. The Labute approximate surface area is 143 Å². The van der Waals surface area contributed by atoms with Crippen molar-refractivity contribution in [3.8, 4) is 0 Å². The summed E-state index contributed by atoms with van der Waals surface area (Å²) in [5.74, 6) is 0.994. The second-order valence-corrected chi connectivity index (χ2v) is 9.97. The zero-order valence-corrected chi connectivity index (χ0v) is 15.5. The SMILES string of the molecule is CCCN(C1=N[C@@H]2CS(=O)(=O)C[C@@H]2S1)c1ccc(C(C)C)cc1. The highest BCUT2D eigenvalue weighted by Gasteiger charge is 2.43. The zero-order valence-electron chi connectivity index (χ0n) is 13.9. The molecule has 126 valence electrons. The second-order valence-electron chi connectivity index (χ2n) is 6.61. The molecule has 1 aromatic rings. The predicted molar refractivity (Wildman–Crippen MR) is 99.4 cm³/mol. The number of thioether (sulfide) groups is 1. The topological polar surface area (TPSA) is 49.7 Å². The number of hydrogen-bond donors (Lipinski definition) is 0. The van der Waals surface area contributed by atoms with E-state index in [1.165, 1.54) is 5.56 Å². The molecule has 4 nitrogen and oxygen atoms in total. The van der Waals surface area contributed by atoms with Crippen molar-refractivity contribution in [3.63, 3.8) is 0 Å². The molecule has 0 aliphatic carbocycles. The minimum absolute atomic E-state index is 0.0608. The van der Waals surface area contributed by atoms with Gasteiger partial charge in [-0.15, -0.1) is 0 Å². The average molecular weight is 353 g/mol. The average Bonchev–Trinajstić information content (AvgIpc) is 2.98. The van der Waals surface area contributed by atoms with E-state index >= 15 is 0 Å². The highest BCUT2D eigenvalue weighted by Crippen LogP contribution is 2.37. The molecule has 1 saturated heterocycles. The Bertz CT molecular complexity index is 696. The molecule has 23 heavy (non-hydrogen) atoms. The summed E-state index contributed by atoms with van der Waals surface area (Å²) in [6.07, 6.45) is 1.03. The van der Waals surface area contributed by atoms with E-state index in [0.29, 0.717) is 5.92 Å². The molecule has 0 N–H and O–H groups in total. The molecule has 2 atom stereocenters. The Hall–Kier alpha value is -1.01. The van der Waals surface area contributed by atoms with E-state index in [-0.39, 0.29) is 22.8 Å². The van der Waals surface area contributed by atoms with Gasteiger partial charge in [0, 0.05) is 17.5 Å². The summed E-state index contributed by atoms with van der Waals surface area (Å²) >= 11 is 1.63. The molecular formula is C17H24N2O2S2. The molecule has 0 unspecified atom stereocenters. The van der Waals surface area contributed by atoms with E-state index in [0.717, 1.165) is 23.8 Å². The molecule has 0 saturated carbocycles. The fourth-order valence-corrected chi connectivity index (χ4v) is 6.88. The van der Waals surface area contributed by atoms with Crippen LogP contribution in [0, 0.1) is 0 Å². The molecule has 2 aliphatic rings.